The fourth-order valence-electron chi connectivity index (χ4n) is 3.04. The Balaban J connectivity index is 1.56. The largest absolute Gasteiger partial charge is 0.367 e. The minimum Gasteiger partial charge on any atom is -0.367 e. The first-order chi connectivity index (χ1) is 9.34. The summed E-state index contributed by atoms with van der Waals surface area (Å²) < 4.78 is 0. The predicted molar refractivity (Wildman–Crippen MR) is 77.2 cm³/mol. The number of hydrogen-bond acceptors (Lipinski definition) is 2. The number of para-hydroxylation sites is 1. The van der Waals surface area contributed by atoms with Crippen LogP contribution in [0.1, 0.15) is 32.1 Å². The molecule has 1 aromatic rings. The van der Waals surface area contributed by atoms with Crippen molar-refractivity contribution in [2.45, 2.75) is 38.1 Å². The second-order valence-corrected chi connectivity index (χ2v) is 5.70. The summed E-state index contributed by atoms with van der Waals surface area (Å²) in [4.78, 5) is 14.3. The van der Waals surface area contributed by atoms with E-state index in [1.165, 1.54) is 24.9 Å². The van der Waals surface area contributed by atoms with Crippen LogP contribution in [-0.2, 0) is 4.79 Å². The minimum absolute atomic E-state index is 0.270. The summed E-state index contributed by atoms with van der Waals surface area (Å²) in [6.07, 6.45) is 5.79. The van der Waals surface area contributed by atoms with Gasteiger partial charge >= 0.3 is 0 Å². The Morgan fingerprint density at radius 1 is 1.16 bits per heavy atom. The molecule has 3 rings (SSSR count). The average Bonchev–Trinajstić information content (AvgIpc) is 2.83. The fraction of sp³-hybridized carbons (Fsp3) is 0.562. The van der Waals surface area contributed by atoms with Gasteiger partial charge in [0.05, 0.1) is 0 Å². The Morgan fingerprint density at radius 3 is 2.63 bits per heavy atom. The number of carbonyl (C=O) groups excluding carboxylic acids is 1. The molecule has 2 aliphatic rings. The first kappa shape index (κ1) is 12.5. The molecule has 1 heterocycles. The highest BCUT2D eigenvalue weighted by molar-refractivity contribution is 5.79. The lowest BCUT2D eigenvalue weighted by molar-refractivity contribution is -0.127. The van der Waals surface area contributed by atoms with Gasteiger partial charge in [0.2, 0.25) is 5.91 Å². The summed E-state index contributed by atoms with van der Waals surface area (Å²) in [6, 6.07) is 11.0. The standard InChI is InChI=1S/C16H22N2O/c19-16(13-6-4-7-13)17-12-15-10-5-11-18(15)14-8-2-1-3-9-14/h1-3,8-9,13,15H,4-7,10-12H2,(H,17,19)/t15-/m1/s1. The molecular weight excluding hydrogens is 236 g/mol. The highest BCUT2D eigenvalue weighted by atomic mass is 16.1. The molecule has 1 saturated heterocycles. The third kappa shape index (κ3) is 2.75. The quantitative estimate of drug-likeness (QED) is 0.900. The van der Waals surface area contributed by atoms with Crippen molar-refractivity contribution in [1.82, 2.24) is 5.32 Å². The molecule has 1 aromatic carbocycles. The zero-order valence-electron chi connectivity index (χ0n) is 11.3. The number of rotatable bonds is 4. The van der Waals surface area contributed by atoms with Gasteiger partial charge < -0.3 is 10.2 Å². The molecule has 1 amide bonds. The van der Waals surface area contributed by atoms with Crippen LogP contribution in [0.2, 0.25) is 0 Å². The average molecular weight is 258 g/mol. The van der Waals surface area contributed by atoms with Gasteiger partial charge in [0.25, 0.3) is 0 Å². The van der Waals surface area contributed by atoms with Crippen LogP contribution in [0.3, 0.4) is 0 Å². The third-order valence-electron chi connectivity index (χ3n) is 4.45. The van der Waals surface area contributed by atoms with Crippen LogP contribution in [0.25, 0.3) is 0 Å². The molecule has 19 heavy (non-hydrogen) atoms. The Hall–Kier alpha value is -1.51. The third-order valence-corrected chi connectivity index (χ3v) is 4.45. The SMILES string of the molecule is O=C(NC[C@H]1CCCN1c1ccccc1)C1CCC1. The highest BCUT2D eigenvalue weighted by Gasteiger charge is 2.28. The smallest absolute Gasteiger partial charge is 0.223 e. The molecule has 1 N–H and O–H groups in total. The van der Waals surface area contributed by atoms with E-state index < -0.39 is 0 Å². The zero-order chi connectivity index (χ0) is 13.1. The summed E-state index contributed by atoms with van der Waals surface area (Å²) in [6.45, 7) is 1.90. The van der Waals surface area contributed by atoms with Crippen molar-refractivity contribution in [3.63, 3.8) is 0 Å². The zero-order valence-corrected chi connectivity index (χ0v) is 11.3. The van der Waals surface area contributed by atoms with E-state index in [9.17, 15) is 4.79 Å². The molecule has 0 radical (unpaired) electrons. The van der Waals surface area contributed by atoms with Crippen LogP contribution in [0.15, 0.2) is 30.3 Å². The van der Waals surface area contributed by atoms with Crippen molar-refractivity contribution in [2.24, 2.45) is 5.92 Å². The van der Waals surface area contributed by atoms with E-state index in [1.807, 2.05) is 6.07 Å². The number of amides is 1. The molecule has 1 aliphatic heterocycles. The molecule has 1 aliphatic carbocycles. The summed E-state index contributed by atoms with van der Waals surface area (Å²) in [5.74, 6) is 0.567. The summed E-state index contributed by atoms with van der Waals surface area (Å²) in [7, 11) is 0. The van der Waals surface area contributed by atoms with Crippen LogP contribution in [0.5, 0.6) is 0 Å². The first-order valence-corrected chi connectivity index (χ1v) is 7.44. The minimum atomic E-state index is 0.270. The van der Waals surface area contributed by atoms with E-state index in [4.69, 9.17) is 0 Å². The lowest BCUT2D eigenvalue weighted by Gasteiger charge is -2.29. The van der Waals surface area contributed by atoms with Crippen molar-refractivity contribution in [3.05, 3.63) is 30.3 Å². The Labute approximate surface area is 115 Å². The maximum atomic E-state index is 11.9. The number of nitrogens with zero attached hydrogens (tertiary/aromatic N) is 1. The van der Waals surface area contributed by atoms with Crippen molar-refractivity contribution in [2.75, 3.05) is 18.0 Å². The van der Waals surface area contributed by atoms with Crippen LogP contribution in [0.4, 0.5) is 5.69 Å². The molecular formula is C16H22N2O. The summed E-state index contributed by atoms with van der Waals surface area (Å²) in [5.41, 5.74) is 1.28. The molecule has 3 heteroatoms. The second kappa shape index (κ2) is 5.64. The monoisotopic (exact) mass is 258 g/mol. The van der Waals surface area contributed by atoms with Gasteiger partial charge in [-0.25, -0.2) is 0 Å². The molecule has 1 atom stereocenters. The van der Waals surface area contributed by atoms with E-state index in [2.05, 4.69) is 34.5 Å². The maximum absolute atomic E-state index is 11.9. The Morgan fingerprint density at radius 2 is 1.95 bits per heavy atom. The Bertz CT molecular complexity index is 428. The number of carbonyl (C=O) groups is 1. The molecule has 3 nitrogen and oxygen atoms in total. The molecule has 2 fully saturated rings. The topological polar surface area (TPSA) is 32.3 Å². The highest BCUT2D eigenvalue weighted by Crippen LogP contribution is 2.27. The molecule has 0 bridgehead atoms. The number of benzene rings is 1. The van der Waals surface area contributed by atoms with E-state index in [0.29, 0.717) is 12.0 Å². The van der Waals surface area contributed by atoms with Crippen molar-refractivity contribution in [1.29, 1.82) is 0 Å². The van der Waals surface area contributed by atoms with Gasteiger partial charge in [-0.2, -0.15) is 0 Å². The molecule has 102 valence electrons. The van der Waals surface area contributed by atoms with Crippen molar-refractivity contribution >= 4 is 11.6 Å². The molecule has 0 aromatic heterocycles. The predicted octanol–water partition coefficient (Wildman–Crippen LogP) is 2.57. The Kier molecular flexibility index (Phi) is 3.72. The first-order valence-electron chi connectivity index (χ1n) is 7.44. The number of hydrogen-bond donors (Lipinski definition) is 1. The number of anilines is 1. The lowest BCUT2D eigenvalue weighted by atomic mass is 9.85. The molecule has 0 unspecified atom stereocenters. The van der Waals surface area contributed by atoms with Gasteiger partial charge in [-0.15, -0.1) is 0 Å². The van der Waals surface area contributed by atoms with Crippen LogP contribution in [-0.4, -0.2) is 25.0 Å². The van der Waals surface area contributed by atoms with E-state index >= 15 is 0 Å². The van der Waals surface area contributed by atoms with Crippen molar-refractivity contribution < 1.29 is 4.79 Å². The number of nitrogens with one attached hydrogen (secondary N) is 1. The van der Waals surface area contributed by atoms with E-state index in [-0.39, 0.29) is 5.91 Å². The van der Waals surface area contributed by atoms with Crippen LogP contribution < -0.4 is 10.2 Å². The maximum Gasteiger partial charge on any atom is 0.223 e. The van der Waals surface area contributed by atoms with Gasteiger partial charge in [-0.1, -0.05) is 24.6 Å². The van der Waals surface area contributed by atoms with E-state index in [0.717, 1.165) is 25.9 Å². The van der Waals surface area contributed by atoms with Gasteiger partial charge in [0.1, 0.15) is 0 Å². The van der Waals surface area contributed by atoms with E-state index in [1.54, 1.807) is 0 Å². The second-order valence-electron chi connectivity index (χ2n) is 5.70. The van der Waals surface area contributed by atoms with Gasteiger partial charge in [0.15, 0.2) is 0 Å². The van der Waals surface area contributed by atoms with Crippen LogP contribution >= 0.6 is 0 Å². The normalized spacial score (nSPS) is 23.2. The summed E-state index contributed by atoms with van der Waals surface area (Å²) in [5, 5.41) is 3.15. The van der Waals surface area contributed by atoms with Gasteiger partial charge in [-0.05, 0) is 37.8 Å². The van der Waals surface area contributed by atoms with Crippen LogP contribution in [0, 0.1) is 5.92 Å². The van der Waals surface area contributed by atoms with Crippen molar-refractivity contribution in [3.8, 4) is 0 Å². The lowest BCUT2D eigenvalue weighted by Crippen LogP contribution is -2.43. The molecule has 0 spiro atoms. The fourth-order valence-corrected chi connectivity index (χ4v) is 3.04. The molecule has 1 saturated carbocycles. The van der Waals surface area contributed by atoms with Gasteiger partial charge in [0, 0.05) is 30.7 Å². The summed E-state index contributed by atoms with van der Waals surface area (Å²) >= 11 is 0. The van der Waals surface area contributed by atoms with Gasteiger partial charge in [-0.3, -0.25) is 4.79 Å².